The molecule has 0 bridgehead atoms. The molecule has 0 radical (unpaired) electrons. The topological polar surface area (TPSA) is 67.9 Å². The predicted molar refractivity (Wildman–Crippen MR) is 104 cm³/mol. The molecule has 6 nitrogen and oxygen atoms in total. The number of hydrogen-bond acceptors (Lipinski definition) is 5. The minimum absolute atomic E-state index is 0.0888. The highest BCUT2D eigenvalue weighted by molar-refractivity contribution is 7.10. The summed E-state index contributed by atoms with van der Waals surface area (Å²) in [5.74, 6) is -0.0175. The van der Waals surface area contributed by atoms with E-state index in [1.807, 2.05) is 11.0 Å². The van der Waals surface area contributed by atoms with Crippen LogP contribution >= 0.6 is 11.3 Å². The first-order chi connectivity index (χ1) is 13.1. The molecule has 0 fully saturated rings. The lowest BCUT2D eigenvalue weighted by atomic mass is 9.98. The summed E-state index contributed by atoms with van der Waals surface area (Å²) in [6.45, 7) is 3.15. The number of carbonyl (C=O) groups is 2. The average Bonchev–Trinajstić information content (AvgIpc) is 3.19. The van der Waals surface area contributed by atoms with Crippen molar-refractivity contribution >= 4 is 23.3 Å². The molecule has 1 aliphatic rings. The van der Waals surface area contributed by atoms with Gasteiger partial charge in [-0.3, -0.25) is 0 Å². The summed E-state index contributed by atoms with van der Waals surface area (Å²) < 4.78 is 10.00. The van der Waals surface area contributed by atoms with Crippen LogP contribution < -0.4 is 10.1 Å². The van der Waals surface area contributed by atoms with E-state index in [-0.39, 0.29) is 12.1 Å². The zero-order chi connectivity index (χ0) is 19.4. The fourth-order valence-electron chi connectivity index (χ4n) is 3.49. The summed E-state index contributed by atoms with van der Waals surface area (Å²) in [7, 11) is 2.83. The minimum Gasteiger partial charge on any atom is -0.496 e. The Bertz CT molecular complexity index is 833. The van der Waals surface area contributed by atoms with E-state index in [1.165, 1.54) is 24.7 Å². The van der Waals surface area contributed by atoms with Gasteiger partial charge < -0.3 is 19.7 Å². The molecule has 0 spiro atoms. The van der Waals surface area contributed by atoms with E-state index in [4.69, 9.17) is 9.47 Å². The van der Waals surface area contributed by atoms with Gasteiger partial charge in [-0.1, -0.05) is 13.0 Å². The molecule has 1 N–H and O–H groups in total. The van der Waals surface area contributed by atoms with Gasteiger partial charge in [0.05, 0.1) is 20.3 Å². The highest BCUT2D eigenvalue weighted by atomic mass is 32.1. The van der Waals surface area contributed by atoms with E-state index in [2.05, 4.69) is 23.7 Å². The fraction of sp³-hybridized carbons (Fsp3) is 0.400. The van der Waals surface area contributed by atoms with Crippen LogP contribution in [0.3, 0.4) is 0 Å². The second kappa shape index (κ2) is 8.43. The Morgan fingerprint density at radius 2 is 2.11 bits per heavy atom. The van der Waals surface area contributed by atoms with Gasteiger partial charge in [-0.05, 0) is 47.5 Å². The van der Waals surface area contributed by atoms with Crippen LogP contribution in [0.15, 0.2) is 29.6 Å². The molecule has 2 heterocycles. The zero-order valence-corrected chi connectivity index (χ0v) is 16.6. The lowest BCUT2D eigenvalue weighted by molar-refractivity contribution is 0.0597. The summed E-state index contributed by atoms with van der Waals surface area (Å²) in [6, 6.07) is 7.38. The molecule has 0 saturated heterocycles. The monoisotopic (exact) mass is 388 g/mol. The Morgan fingerprint density at radius 3 is 2.81 bits per heavy atom. The number of ether oxygens (including phenoxy) is 2. The van der Waals surface area contributed by atoms with Crippen LogP contribution in [0, 0.1) is 0 Å². The molecule has 144 valence electrons. The Kier molecular flexibility index (Phi) is 6.01. The first-order valence-corrected chi connectivity index (χ1v) is 9.83. The maximum Gasteiger partial charge on any atom is 0.341 e. The molecule has 1 aliphatic heterocycles. The van der Waals surface area contributed by atoms with Crippen LogP contribution in [0.1, 0.15) is 45.7 Å². The molecule has 2 amide bonds. The zero-order valence-electron chi connectivity index (χ0n) is 15.8. The van der Waals surface area contributed by atoms with Crippen LogP contribution in [-0.4, -0.2) is 37.7 Å². The summed E-state index contributed by atoms with van der Waals surface area (Å²) in [4.78, 5) is 28.0. The first-order valence-electron chi connectivity index (χ1n) is 8.95. The molecule has 1 unspecified atom stereocenters. The number of hydrogen-bond donors (Lipinski definition) is 1. The van der Waals surface area contributed by atoms with Crippen LogP contribution in [0.5, 0.6) is 5.75 Å². The summed E-state index contributed by atoms with van der Waals surface area (Å²) in [5.41, 5.74) is 2.42. The smallest absolute Gasteiger partial charge is 0.341 e. The maximum atomic E-state index is 12.8. The summed E-state index contributed by atoms with van der Waals surface area (Å²) >= 11 is 1.76. The first kappa shape index (κ1) is 19.2. The Hall–Kier alpha value is -2.54. The van der Waals surface area contributed by atoms with Crippen molar-refractivity contribution in [1.82, 2.24) is 10.2 Å². The lowest BCUT2D eigenvalue weighted by Gasteiger charge is -2.35. The molecule has 0 saturated carbocycles. The molecule has 0 aliphatic carbocycles. The molecule has 1 aromatic heterocycles. The van der Waals surface area contributed by atoms with Crippen molar-refractivity contribution in [2.45, 2.75) is 32.4 Å². The van der Waals surface area contributed by atoms with Crippen molar-refractivity contribution in [3.63, 3.8) is 0 Å². The minimum atomic E-state index is -0.466. The number of benzene rings is 1. The van der Waals surface area contributed by atoms with E-state index in [9.17, 15) is 9.59 Å². The van der Waals surface area contributed by atoms with Crippen LogP contribution in [0.2, 0.25) is 0 Å². The van der Waals surface area contributed by atoms with Gasteiger partial charge in [-0.2, -0.15) is 0 Å². The van der Waals surface area contributed by atoms with Crippen molar-refractivity contribution in [3.8, 4) is 5.75 Å². The Morgan fingerprint density at radius 1 is 1.30 bits per heavy atom. The van der Waals surface area contributed by atoms with Crippen molar-refractivity contribution < 1.29 is 19.1 Å². The number of nitrogens with one attached hydrogen (secondary N) is 1. The number of carbonyl (C=O) groups excluding carboxylic acids is 2. The number of rotatable bonds is 5. The van der Waals surface area contributed by atoms with Crippen LogP contribution in [0.4, 0.5) is 4.79 Å². The van der Waals surface area contributed by atoms with Gasteiger partial charge in [0.2, 0.25) is 0 Å². The lowest BCUT2D eigenvalue weighted by Crippen LogP contribution is -2.44. The second-order valence-electron chi connectivity index (χ2n) is 6.35. The quantitative estimate of drug-likeness (QED) is 0.792. The average molecular weight is 388 g/mol. The summed E-state index contributed by atoms with van der Waals surface area (Å²) in [6.07, 6.45) is 1.78. The van der Waals surface area contributed by atoms with Crippen molar-refractivity contribution in [1.29, 1.82) is 0 Å². The SMILES string of the molecule is CCC1c2ccsc2CCN1C(=O)NCc1ccc(OC)c(C(=O)OC)c1. The third kappa shape index (κ3) is 3.93. The van der Waals surface area contributed by atoms with Gasteiger partial charge in [0.15, 0.2) is 0 Å². The number of esters is 1. The molecule has 7 heteroatoms. The number of amides is 2. The molecule has 1 atom stereocenters. The van der Waals surface area contributed by atoms with Gasteiger partial charge >= 0.3 is 12.0 Å². The van der Waals surface area contributed by atoms with E-state index in [0.29, 0.717) is 24.4 Å². The number of methoxy groups -OCH3 is 2. The molecule has 3 rings (SSSR count). The third-order valence-electron chi connectivity index (χ3n) is 4.86. The Balaban J connectivity index is 1.70. The molecule has 1 aromatic carbocycles. The fourth-order valence-corrected chi connectivity index (χ4v) is 4.42. The van der Waals surface area contributed by atoms with Gasteiger partial charge in [-0.25, -0.2) is 9.59 Å². The summed E-state index contributed by atoms with van der Waals surface area (Å²) in [5, 5.41) is 5.07. The van der Waals surface area contributed by atoms with E-state index >= 15 is 0 Å². The molecular formula is C20H24N2O4S. The van der Waals surface area contributed by atoms with Crippen LogP contribution in [0.25, 0.3) is 0 Å². The van der Waals surface area contributed by atoms with E-state index in [1.54, 1.807) is 23.5 Å². The molecule has 27 heavy (non-hydrogen) atoms. The molecular weight excluding hydrogens is 364 g/mol. The number of urea groups is 1. The van der Waals surface area contributed by atoms with Crippen molar-refractivity contribution in [3.05, 3.63) is 51.2 Å². The second-order valence-corrected chi connectivity index (χ2v) is 7.35. The largest absolute Gasteiger partial charge is 0.496 e. The maximum absolute atomic E-state index is 12.8. The van der Waals surface area contributed by atoms with Crippen LogP contribution in [-0.2, 0) is 17.7 Å². The predicted octanol–water partition coefficient (Wildman–Crippen LogP) is 3.76. The number of nitrogens with zero attached hydrogens (tertiary/aromatic N) is 1. The number of thiophene rings is 1. The standard InChI is InChI=1S/C20H24N2O4S/c1-4-16-14-8-10-27-18(14)7-9-22(16)20(24)21-12-13-5-6-17(25-2)15(11-13)19(23)26-3/h5-6,8,10-11,16H,4,7,9,12H2,1-3H3,(H,21,24). The van der Waals surface area contributed by atoms with Gasteiger partial charge in [0.25, 0.3) is 0 Å². The van der Waals surface area contributed by atoms with Crippen molar-refractivity contribution in [2.75, 3.05) is 20.8 Å². The van der Waals surface area contributed by atoms with Gasteiger partial charge in [-0.15, -0.1) is 11.3 Å². The van der Waals surface area contributed by atoms with Crippen molar-refractivity contribution in [2.24, 2.45) is 0 Å². The highest BCUT2D eigenvalue weighted by Gasteiger charge is 2.30. The van der Waals surface area contributed by atoms with Gasteiger partial charge in [0, 0.05) is 18.0 Å². The molecule has 2 aromatic rings. The van der Waals surface area contributed by atoms with Gasteiger partial charge in [0.1, 0.15) is 11.3 Å². The number of fused-ring (bicyclic) bond motifs is 1. The highest BCUT2D eigenvalue weighted by Crippen LogP contribution is 2.35. The van der Waals surface area contributed by atoms with E-state index < -0.39 is 5.97 Å². The Labute approximate surface area is 163 Å². The third-order valence-corrected chi connectivity index (χ3v) is 5.85. The van der Waals surface area contributed by atoms with E-state index in [0.717, 1.165) is 18.4 Å². The normalized spacial score (nSPS) is 15.8.